The number of nitrogens with one attached hydrogen (secondary N) is 6. The maximum atomic E-state index is 14.3. The first-order valence-electron chi connectivity index (χ1n) is 19.4. The third-order valence-electron chi connectivity index (χ3n) is 8.18. The monoisotopic (exact) mass is 1640 g/mol. The SMILES string of the molecule is CC(=O)OCC(CNC(=O)c1c(I)c(NC(=O)C(OC(C)=O)C(=O)Nc2c(I)c(C(=O)NCCO)c(I)c(C(=O)NCC(COC(C)=O)OC(C)=O)c2I)c(I)c(C(=O)NCCO)c1I)OC(C)=O. The van der Waals surface area contributed by atoms with E-state index in [1.54, 1.807) is 136 Å². The van der Waals surface area contributed by atoms with Crippen molar-refractivity contribution < 1.29 is 86.6 Å². The second-order valence-electron chi connectivity index (χ2n) is 13.5. The Bertz CT molecular complexity index is 2230. The summed E-state index contributed by atoms with van der Waals surface area (Å²) >= 11 is 10.3. The van der Waals surface area contributed by atoms with Crippen molar-refractivity contribution in [3.05, 3.63) is 43.7 Å². The first-order valence-corrected chi connectivity index (χ1v) is 25.9. The van der Waals surface area contributed by atoms with Crippen LogP contribution in [-0.2, 0) is 57.2 Å². The van der Waals surface area contributed by atoms with Gasteiger partial charge in [-0.3, -0.25) is 52.7 Å². The van der Waals surface area contributed by atoms with E-state index in [0.29, 0.717) is 0 Å². The molecule has 0 aliphatic carbocycles. The van der Waals surface area contributed by atoms with Gasteiger partial charge in [0.05, 0.1) is 74.2 Å². The summed E-state index contributed by atoms with van der Waals surface area (Å²) in [7, 11) is 0. The van der Waals surface area contributed by atoms with Crippen molar-refractivity contribution in [2.45, 2.75) is 52.9 Å². The number of halogens is 6. The van der Waals surface area contributed by atoms with Crippen LogP contribution in [0.5, 0.6) is 0 Å². The fourth-order valence-corrected chi connectivity index (χ4v) is 14.2. The van der Waals surface area contributed by atoms with E-state index in [1.165, 1.54) is 0 Å². The lowest BCUT2D eigenvalue weighted by Gasteiger charge is -2.23. The molecule has 0 aromatic heterocycles. The van der Waals surface area contributed by atoms with Gasteiger partial charge < -0.3 is 65.8 Å². The Kier molecular flexibility index (Phi) is 27.0. The average Bonchev–Trinajstić information content (AvgIpc) is 3.25. The zero-order valence-corrected chi connectivity index (χ0v) is 49.5. The highest BCUT2D eigenvalue weighted by molar-refractivity contribution is 14.1. The number of rotatable bonds is 23. The van der Waals surface area contributed by atoms with Crippen LogP contribution < -0.4 is 31.9 Å². The number of amides is 6. The minimum absolute atomic E-state index is 0.00307. The first kappa shape index (κ1) is 62.0. The van der Waals surface area contributed by atoms with Gasteiger partial charge in [0.15, 0.2) is 12.2 Å². The van der Waals surface area contributed by atoms with Crippen LogP contribution in [0.25, 0.3) is 0 Å². The Morgan fingerprint density at radius 1 is 0.435 bits per heavy atom. The van der Waals surface area contributed by atoms with Crippen LogP contribution in [0.15, 0.2) is 0 Å². The largest absolute Gasteiger partial charge is 0.462 e. The number of benzene rings is 2. The minimum Gasteiger partial charge on any atom is -0.462 e. The van der Waals surface area contributed by atoms with Crippen molar-refractivity contribution in [2.24, 2.45) is 0 Å². The van der Waals surface area contributed by atoms with E-state index >= 15 is 0 Å². The fourth-order valence-electron chi connectivity index (χ4n) is 5.38. The summed E-state index contributed by atoms with van der Waals surface area (Å²) in [5.74, 6) is -9.96. The molecule has 30 heteroatoms. The highest BCUT2D eigenvalue weighted by Gasteiger charge is 2.36. The van der Waals surface area contributed by atoms with Gasteiger partial charge in [0.1, 0.15) is 13.2 Å². The molecule has 2 rings (SSSR count). The maximum absolute atomic E-state index is 14.3. The quantitative estimate of drug-likeness (QED) is 0.0340. The summed E-state index contributed by atoms with van der Waals surface area (Å²) in [6, 6.07) is 0. The zero-order chi connectivity index (χ0) is 52.4. The lowest BCUT2D eigenvalue weighted by molar-refractivity contribution is -0.156. The summed E-state index contributed by atoms with van der Waals surface area (Å²) in [4.78, 5) is 142. The third kappa shape index (κ3) is 18.8. The Balaban J connectivity index is 2.77. The van der Waals surface area contributed by atoms with Gasteiger partial charge in [-0.1, -0.05) is 0 Å². The highest BCUT2D eigenvalue weighted by atomic mass is 127. The molecule has 0 saturated carbocycles. The fraction of sp³-hybridized carbons (Fsp3) is 0.410. The molecule has 0 spiro atoms. The molecule has 2 unspecified atom stereocenters. The molecule has 0 aliphatic heterocycles. The predicted molar refractivity (Wildman–Crippen MR) is 290 cm³/mol. The second-order valence-corrected chi connectivity index (χ2v) is 20.0. The zero-order valence-electron chi connectivity index (χ0n) is 36.6. The van der Waals surface area contributed by atoms with Gasteiger partial charge in [-0.2, -0.15) is 0 Å². The Hall–Kier alpha value is -3.09. The maximum Gasteiger partial charge on any atom is 0.303 e. The Morgan fingerprint density at radius 2 is 0.725 bits per heavy atom. The average molecular weight is 1640 g/mol. The molecular weight excluding hydrogens is 1600 g/mol. The van der Waals surface area contributed by atoms with Crippen LogP contribution in [0, 0.1) is 21.4 Å². The number of hydrogen-bond donors (Lipinski definition) is 8. The predicted octanol–water partition coefficient (Wildman–Crippen LogP) is 1.72. The van der Waals surface area contributed by atoms with E-state index in [9.17, 15) is 63.0 Å². The molecule has 24 nitrogen and oxygen atoms in total. The van der Waals surface area contributed by atoms with Crippen LogP contribution in [-0.4, -0.2) is 146 Å². The lowest BCUT2D eigenvalue weighted by atomic mass is 10.1. The van der Waals surface area contributed by atoms with Gasteiger partial charge in [-0.05, 0) is 136 Å². The molecule has 0 radical (unpaired) electrons. The minimum atomic E-state index is -2.34. The van der Waals surface area contributed by atoms with Crippen LogP contribution in [0.2, 0.25) is 0 Å². The molecule has 2 atom stereocenters. The number of aliphatic hydroxyl groups excluding tert-OH is 2. The normalized spacial score (nSPS) is 11.9. The van der Waals surface area contributed by atoms with Crippen molar-refractivity contribution in [1.82, 2.24) is 21.3 Å². The van der Waals surface area contributed by atoms with E-state index in [2.05, 4.69) is 31.9 Å². The summed E-state index contributed by atoms with van der Waals surface area (Å²) in [6.45, 7) is 2.36. The molecular formula is C39H42I6N6O18. The molecule has 0 saturated heterocycles. The first-order chi connectivity index (χ1) is 32.3. The number of esters is 5. The van der Waals surface area contributed by atoms with Gasteiger partial charge in [0.2, 0.25) is 0 Å². The Morgan fingerprint density at radius 3 is 0.986 bits per heavy atom. The molecule has 0 fully saturated rings. The molecule has 0 heterocycles. The van der Waals surface area contributed by atoms with E-state index < -0.39 is 110 Å². The van der Waals surface area contributed by atoms with Gasteiger partial charge in [-0.15, -0.1) is 0 Å². The summed E-state index contributed by atoms with van der Waals surface area (Å²) < 4.78 is 25.5. The Labute approximate surface area is 474 Å². The smallest absolute Gasteiger partial charge is 0.303 e. The van der Waals surface area contributed by atoms with Crippen LogP contribution in [0.3, 0.4) is 0 Å². The highest BCUT2D eigenvalue weighted by Crippen LogP contribution is 2.38. The van der Waals surface area contributed by atoms with Crippen LogP contribution in [0.1, 0.15) is 76.1 Å². The van der Waals surface area contributed by atoms with Gasteiger partial charge in [0, 0.05) is 54.8 Å². The third-order valence-corrected chi connectivity index (χ3v) is 14.7. The van der Waals surface area contributed by atoms with Gasteiger partial charge in [-0.25, -0.2) is 0 Å². The summed E-state index contributed by atoms with van der Waals surface area (Å²) in [5.41, 5.74) is -1.17. The molecule has 378 valence electrons. The van der Waals surface area contributed by atoms with E-state index in [1.807, 2.05) is 0 Å². The molecule has 0 bridgehead atoms. The lowest BCUT2D eigenvalue weighted by Crippen LogP contribution is -2.43. The summed E-state index contributed by atoms with van der Waals surface area (Å²) in [5, 5.41) is 33.8. The number of hydrogen-bond acceptors (Lipinski definition) is 18. The van der Waals surface area contributed by atoms with Gasteiger partial charge >= 0.3 is 29.8 Å². The van der Waals surface area contributed by atoms with Crippen LogP contribution >= 0.6 is 136 Å². The van der Waals surface area contributed by atoms with Crippen LogP contribution in [0.4, 0.5) is 11.4 Å². The molecule has 69 heavy (non-hydrogen) atoms. The van der Waals surface area contributed by atoms with Crippen molar-refractivity contribution in [1.29, 1.82) is 0 Å². The molecule has 8 N–H and O–H groups in total. The number of anilines is 2. The summed E-state index contributed by atoms with van der Waals surface area (Å²) in [6.07, 6.45) is -4.63. The van der Waals surface area contributed by atoms with Crippen molar-refractivity contribution in [2.75, 3.05) is 63.2 Å². The standard InChI is InChI=1S/C39H42I6N6O18/c1-14(54)65-12-19(67-16(3)56)10-48-36(61)23-25(40)21(34(59)46-6-8-52)27(42)31(29(23)44)50-38(63)33(69-18(5)58)39(64)51-32-28(43)22(35(60)47-7-9-53)26(41)24(30(32)45)37(62)49-11-20(68-17(4)57)13-66-15(2)55/h19-20,33,52-53H,6-13H2,1-5H3,(H,46,59)(H,47,60)(H,48,61)(H,49,62)(H,50,63)(H,51,64). The number of aliphatic hydroxyl groups is 2. The van der Waals surface area contributed by atoms with E-state index in [0.717, 1.165) is 34.6 Å². The van der Waals surface area contributed by atoms with Crippen molar-refractivity contribution in [3.8, 4) is 0 Å². The molecule has 6 amide bonds. The number of carbonyl (C=O) groups excluding carboxylic acids is 11. The van der Waals surface area contributed by atoms with Crippen molar-refractivity contribution in [3.63, 3.8) is 0 Å². The number of ether oxygens (including phenoxy) is 5. The number of carbonyl (C=O) groups is 11. The molecule has 2 aromatic rings. The second kappa shape index (κ2) is 30.1. The molecule has 0 aliphatic rings. The van der Waals surface area contributed by atoms with Gasteiger partial charge in [0.25, 0.3) is 41.5 Å². The van der Waals surface area contributed by atoms with Crippen molar-refractivity contribution >= 4 is 212 Å². The van der Waals surface area contributed by atoms with E-state index in [-0.39, 0.29) is 81.2 Å². The molecule has 2 aromatic carbocycles. The topological polar surface area (TPSA) is 347 Å². The van der Waals surface area contributed by atoms with E-state index in [4.69, 9.17) is 23.7 Å².